The van der Waals surface area contributed by atoms with E-state index in [4.69, 9.17) is 10.00 Å². The number of hydrogen-bond donors (Lipinski definition) is 1. The minimum absolute atomic E-state index is 0.0804. The number of ether oxygens (including phenoxy) is 1. The maximum Gasteiger partial charge on any atom is 0.265 e. The summed E-state index contributed by atoms with van der Waals surface area (Å²) < 4.78 is 31.3. The highest BCUT2D eigenvalue weighted by Crippen LogP contribution is 2.23. The highest BCUT2D eigenvalue weighted by molar-refractivity contribution is 7.89. The molecule has 142 valence electrons. The number of nitrogens with zero attached hydrogens (tertiary/aromatic N) is 2. The SMILES string of the molecule is Cc1ccc(S(=O)(=O)N(C)C)cc1NC(=O)[C@@H](C)Oc1ccccc1C#N. The molecule has 0 spiro atoms. The minimum atomic E-state index is -3.62. The van der Waals surface area contributed by atoms with E-state index in [2.05, 4.69) is 5.32 Å². The van der Waals surface area contributed by atoms with Crippen molar-refractivity contribution in [2.45, 2.75) is 24.8 Å². The number of rotatable bonds is 6. The molecular formula is C19H21N3O4S. The van der Waals surface area contributed by atoms with Gasteiger partial charge in [0.2, 0.25) is 10.0 Å². The van der Waals surface area contributed by atoms with Crippen molar-refractivity contribution in [3.05, 3.63) is 53.6 Å². The predicted molar refractivity (Wildman–Crippen MR) is 102 cm³/mol. The Labute approximate surface area is 159 Å². The van der Waals surface area contributed by atoms with Gasteiger partial charge in [0.1, 0.15) is 11.8 Å². The van der Waals surface area contributed by atoms with Crippen molar-refractivity contribution in [1.82, 2.24) is 4.31 Å². The summed E-state index contributed by atoms with van der Waals surface area (Å²) in [4.78, 5) is 12.6. The first kappa shape index (κ1) is 20.4. The number of para-hydroxylation sites is 1. The molecule has 0 saturated carbocycles. The van der Waals surface area contributed by atoms with Crippen molar-refractivity contribution in [1.29, 1.82) is 5.26 Å². The van der Waals surface area contributed by atoms with Crippen LogP contribution in [0.4, 0.5) is 5.69 Å². The van der Waals surface area contributed by atoms with Crippen molar-refractivity contribution >= 4 is 21.6 Å². The first-order valence-corrected chi connectivity index (χ1v) is 9.60. The summed E-state index contributed by atoms with van der Waals surface area (Å²) in [6.45, 7) is 3.32. The first-order chi connectivity index (χ1) is 12.7. The van der Waals surface area contributed by atoms with Gasteiger partial charge in [-0.15, -0.1) is 0 Å². The van der Waals surface area contributed by atoms with Gasteiger partial charge in [-0.25, -0.2) is 12.7 Å². The molecule has 0 unspecified atom stereocenters. The molecule has 0 saturated heterocycles. The molecule has 2 rings (SSSR count). The fraction of sp³-hybridized carbons (Fsp3) is 0.263. The summed E-state index contributed by atoms with van der Waals surface area (Å²) in [7, 11) is -0.734. The number of benzene rings is 2. The van der Waals surface area contributed by atoms with E-state index in [1.165, 1.54) is 26.2 Å². The monoisotopic (exact) mass is 387 g/mol. The first-order valence-electron chi connectivity index (χ1n) is 8.16. The molecule has 0 fully saturated rings. The van der Waals surface area contributed by atoms with Crippen LogP contribution in [0.15, 0.2) is 47.4 Å². The lowest BCUT2D eigenvalue weighted by Crippen LogP contribution is -2.30. The van der Waals surface area contributed by atoms with E-state index in [0.29, 0.717) is 22.6 Å². The summed E-state index contributed by atoms with van der Waals surface area (Å²) >= 11 is 0. The fourth-order valence-corrected chi connectivity index (χ4v) is 3.18. The van der Waals surface area contributed by atoms with Crippen molar-refractivity contribution in [2.24, 2.45) is 0 Å². The lowest BCUT2D eigenvalue weighted by molar-refractivity contribution is -0.122. The van der Waals surface area contributed by atoms with E-state index < -0.39 is 22.0 Å². The van der Waals surface area contributed by atoms with Gasteiger partial charge in [0.15, 0.2) is 6.10 Å². The Bertz CT molecular complexity index is 994. The molecule has 2 aromatic carbocycles. The maximum absolute atomic E-state index is 12.5. The van der Waals surface area contributed by atoms with Crippen LogP contribution in [0, 0.1) is 18.3 Å². The molecular weight excluding hydrogens is 366 g/mol. The van der Waals surface area contributed by atoms with Gasteiger partial charge in [0.05, 0.1) is 10.5 Å². The van der Waals surface area contributed by atoms with Gasteiger partial charge in [0.25, 0.3) is 5.91 Å². The lowest BCUT2D eigenvalue weighted by atomic mass is 10.2. The molecule has 7 nitrogen and oxygen atoms in total. The number of nitriles is 1. The van der Waals surface area contributed by atoms with Crippen molar-refractivity contribution in [2.75, 3.05) is 19.4 Å². The number of amides is 1. The highest BCUT2D eigenvalue weighted by atomic mass is 32.2. The van der Waals surface area contributed by atoms with Crippen LogP contribution >= 0.6 is 0 Å². The molecule has 8 heteroatoms. The third-order valence-electron chi connectivity index (χ3n) is 3.93. The summed E-state index contributed by atoms with van der Waals surface area (Å²) in [6.07, 6.45) is -0.881. The van der Waals surface area contributed by atoms with Gasteiger partial charge in [-0.2, -0.15) is 5.26 Å². The van der Waals surface area contributed by atoms with Crippen LogP contribution in [0.25, 0.3) is 0 Å². The number of carbonyl (C=O) groups is 1. The normalized spacial score (nSPS) is 12.3. The molecule has 27 heavy (non-hydrogen) atoms. The molecule has 0 aliphatic heterocycles. The lowest BCUT2D eigenvalue weighted by Gasteiger charge is -2.18. The van der Waals surface area contributed by atoms with E-state index in [1.54, 1.807) is 44.2 Å². The van der Waals surface area contributed by atoms with Crippen molar-refractivity contribution in [3.63, 3.8) is 0 Å². The van der Waals surface area contributed by atoms with Crippen LogP contribution in [0.2, 0.25) is 0 Å². The average molecular weight is 387 g/mol. The molecule has 0 aliphatic carbocycles. The Morgan fingerprint density at radius 1 is 1.22 bits per heavy atom. The Hall–Kier alpha value is -2.89. The van der Waals surface area contributed by atoms with Gasteiger partial charge in [-0.3, -0.25) is 4.79 Å². The van der Waals surface area contributed by atoms with E-state index >= 15 is 0 Å². The smallest absolute Gasteiger partial charge is 0.265 e. The Kier molecular flexibility index (Phi) is 6.20. The van der Waals surface area contributed by atoms with Gasteiger partial charge in [-0.05, 0) is 43.7 Å². The Morgan fingerprint density at radius 3 is 2.52 bits per heavy atom. The van der Waals surface area contributed by atoms with Gasteiger partial charge >= 0.3 is 0 Å². The van der Waals surface area contributed by atoms with Crippen LogP contribution in [-0.2, 0) is 14.8 Å². The molecule has 0 radical (unpaired) electrons. The molecule has 0 aliphatic rings. The Balaban J connectivity index is 2.21. The second-order valence-electron chi connectivity index (χ2n) is 6.12. The second-order valence-corrected chi connectivity index (χ2v) is 8.27. The zero-order valence-corrected chi connectivity index (χ0v) is 16.4. The number of aryl methyl sites for hydroxylation is 1. The maximum atomic E-state index is 12.5. The molecule has 0 bridgehead atoms. The molecule has 0 heterocycles. The molecule has 2 aromatic rings. The summed E-state index contributed by atoms with van der Waals surface area (Å²) in [5.74, 6) is -0.145. The van der Waals surface area contributed by atoms with Gasteiger partial charge in [-0.1, -0.05) is 18.2 Å². The topological polar surface area (TPSA) is 99.5 Å². The molecule has 1 N–H and O–H groups in total. The summed E-state index contributed by atoms with van der Waals surface area (Å²) in [6, 6.07) is 13.2. The number of nitrogens with one attached hydrogen (secondary N) is 1. The van der Waals surface area contributed by atoms with Crippen LogP contribution in [-0.4, -0.2) is 38.8 Å². The van der Waals surface area contributed by atoms with Crippen molar-refractivity contribution < 1.29 is 17.9 Å². The second kappa shape index (κ2) is 8.20. The van der Waals surface area contributed by atoms with Crippen LogP contribution in [0.1, 0.15) is 18.1 Å². The molecule has 1 atom stereocenters. The van der Waals surface area contributed by atoms with E-state index in [-0.39, 0.29) is 4.90 Å². The highest BCUT2D eigenvalue weighted by Gasteiger charge is 2.21. The number of carbonyl (C=O) groups excluding carboxylic acids is 1. The van der Waals surface area contributed by atoms with Crippen molar-refractivity contribution in [3.8, 4) is 11.8 Å². The largest absolute Gasteiger partial charge is 0.480 e. The predicted octanol–water partition coefficient (Wildman–Crippen LogP) is 2.52. The molecule has 1 amide bonds. The van der Waals surface area contributed by atoms with Crippen LogP contribution in [0.3, 0.4) is 0 Å². The third-order valence-corrected chi connectivity index (χ3v) is 5.74. The van der Waals surface area contributed by atoms with E-state index in [9.17, 15) is 13.2 Å². The Morgan fingerprint density at radius 2 is 1.89 bits per heavy atom. The average Bonchev–Trinajstić information content (AvgIpc) is 2.63. The number of hydrogen-bond acceptors (Lipinski definition) is 5. The van der Waals surface area contributed by atoms with Crippen LogP contribution < -0.4 is 10.1 Å². The standard InChI is InChI=1S/C19H21N3O4S/c1-13-9-10-16(27(24,25)22(3)4)11-17(13)21-19(23)14(2)26-18-8-6-5-7-15(18)12-20/h5-11,14H,1-4H3,(H,21,23)/t14-/m1/s1. The van der Waals surface area contributed by atoms with Gasteiger partial charge in [0, 0.05) is 19.8 Å². The summed E-state index contributed by atoms with van der Waals surface area (Å²) in [5, 5.41) is 11.8. The summed E-state index contributed by atoms with van der Waals surface area (Å²) in [5.41, 5.74) is 1.42. The number of sulfonamides is 1. The zero-order valence-electron chi connectivity index (χ0n) is 15.6. The fourth-order valence-electron chi connectivity index (χ4n) is 2.25. The molecule has 0 aromatic heterocycles. The van der Waals surface area contributed by atoms with E-state index in [1.807, 2.05) is 6.07 Å². The van der Waals surface area contributed by atoms with E-state index in [0.717, 1.165) is 4.31 Å². The minimum Gasteiger partial charge on any atom is -0.480 e. The van der Waals surface area contributed by atoms with Crippen LogP contribution in [0.5, 0.6) is 5.75 Å². The van der Waals surface area contributed by atoms with Gasteiger partial charge < -0.3 is 10.1 Å². The number of anilines is 1. The third kappa shape index (κ3) is 4.64. The zero-order chi connectivity index (χ0) is 20.2. The quantitative estimate of drug-likeness (QED) is 0.821.